The molecular weight excluding hydrogens is 272 g/mol. The fraction of sp³-hybridized carbons (Fsp3) is 0.600. The van der Waals surface area contributed by atoms with Crippen LogP contribution in [-0.2, 0) is 10.0 Å². The fourth-order valence-electron chi connectivity index (χ4n) is 3.23. The summed E-state index contributed by atoms with van der Waals surface area (Å²) in [6.45, 7) is 4.81. The topological polar surface area (TPSA) is 63.4 Å². The van der Waals surface area contributed by atoms with E-state index >= 15 is 0 Å². The molecule has 0 radical (unpaired) electrons. The van der Waals surface area contributed by atoms with Crippen LogP contribution in [0.1, 0.15) is 31.7 Å². The Morgan fingerprint density at radius 2 is 2.00 bits per heavy atom. The van der Waals surface area contributed by atoms with Gasteiger partial charge in [-0.25, -0.2) is 8.42 Å². The molecule has 1 saturated carbocycles. The van der Waals surface area contributed by atoms with Crippen molar-refractivity contribution in [3.63, 3.8) is 0 Å². The predicted octanol–water partition coefficient (Wildman–Crippen LogP) is 2.13. The summed E-state index contributed by atoms with van der Waals surface area (Å²) >= 11 is 0. The third-order valence-corrected chi connectivity index (χ3v) is 6.44. The second-order valence-electron chi connectivity index (χ2n) is 5.47. The maximum Gasteiger partial charge on any atom is 0.243 e. The molecule has 0 amide bonds. The van der Waals surface area contributed by atoms with Crippen molar-refractivity contribution < 1.29 is 8.42 Å². The number of nitrogens with zero attached hydrogens (tertiary/aromatic N) is 1. The molecule has 5 heteroatoms. The van der Waals surface area contributed by atoms with Crippen molar-refractivity contribution in [1.82, 2.24) is 4.31 Å². The molecule has 2 rings (SSSR count). The highest BCUT2D eigenvalue weighted by Gasteiger charge is 2.37. The van der Waals surface area contributed by atoms with Crippen LogP contribution in [0.3, 0.4) is 0 Å². The van der Waals surface area contributed by atoms with Gasteiger partial charge in [0.15, 0.2) is 0 Å². The van der Waals surface area contributed by atoms with Gasteiger partial charge in [0.25, 0.3) is 0 Å². The predicted molar refractivity (Wildman–Crippen MR) is 80.9 cm³/mol. The summed E-state index contributed by atoms with van der Waals surface area (Å²) in [5.74, 6) is 0.286. The Hall–Kier alpha value is -0.910. The van der Waals surface area contributed by atoms with Gasteiger partial charge < -0.3 is 5.73 Å². The van der Waals surface area contributed by atoms with Gasteiger partial charge >= 0.3 is 0 Å². The zero-order chi connectivity index (χ0) is 14.8. The largest absolute Gasteiger partial charge is 0.330 e. The molecule has 2 N–H and O–H groups in total. The summed E-state index contributed by atoms with van der Waals surface area (Å²) in [4.78, 5) is 0.421. The molecule has 1 fully saturated rings. The number of hydrogen-bond acceptors (Lipinski definition) is 3. The molecule has 2 unspecified atom stereocenters. The van der Waals surface area contributed by atoms with Crippen LogP contribution in [0.15, 0.2) is 29.2 Å². The SMILES string of the molecule is CCN(C1CCCC1CN)S(=O)(=O)c1ccccc1C. The van der Waals surface area contributed by atoms with Crippen LogP contribution >= 0.6 is 0 Å². The lowest BCUT2D eigenvalue weighted by Crippen LogP contribution is -2.44. The number of sulfonamides is 1. The van der Waals surface area contributed by atoms with Gasteiger partial charge in [-0.3, -0.25) is 0 Å². The summed E-state index contributed by atoms with van der Waals surface area (Å²) < 4.78 is 27.5. The van der Waals surface area contributed by atoms with E-state index in [4.69, 9.17) is 5.73 Å². The van der Waals surface area contributed by atoms with Gasteiger partial charge in [-0.15, -0.1) is 0 Å². The molecular formula is C15H24N2O2S. The first-order chi connectivity index (χ1) is 9.52. The Morgan fingerprint density at radius 3 is 2.60 bits per heavy atom. The van der Waals surface area contributed by atoms with Gasteiger partial charge in [-0.1, -0.05) is 31.5 Å². The number of aryl methyl sites for hydroxylation is 1. The highest BCUT2D eigenvalue weighted by atomic mass is 32.2. The molecule has 112 valence electrons. The number of nitrogens with two attached hydrogens (primary N) is 1. The molecule has 2 atom stereocenters. The summed E-state index contributed by atoms with van der Waals surface area (Å²) in [6, 6.07) is 7.23. The molecule has 0 bridgehead atoms. The van der Waals surface area contributed by atoms with Gasteiger partial charge in [-0.05, 0) is 43.9 Å². The first kappa shape index (κ1) is 15.5. The van der Waals surface area contributed by atoms with Crippen molar-refractivity contribution in [3.8, 4) is 0 Å². The Kier molecular flexibility index (Phi) is 4.83. The average molecular weight is 296 g/mol. The minimum absolute atomic E-state index is 0.0506. The lowest BCUT2D eigenvalue weighted by molar-refractivity contribution is 0.276. The molecule has 1 aliphatic rings. The quantitative estimate of drug-likeness (QED) is 0.905. The molecule has 1 aromatic carbocycles. The van der Waals surface area contributed by atoms with E-state index in [1.165, 1.54) is 0 Å². The van der Waals surface area contributed by atoms with Crippen LogP contribution < -0.4 is 5.73 Å². The first-order valence-electron chi connectivity index (χ1n) is 7.30. The number of hydrogen-bond donors (Lipinski definition) is 1. The molecule has 0 saturated heterocycles. The maximum absolute atomic E-state index is 12.9. The van der Waals surface area contributed by atoms with Crippen molar-refractivity contribution >= 4 is 10.0 Å². The average Bonchev–Trinajstić information content (AvgIpc) is 2.87. The van der Waals surface area contributed by atoms with Crippen molar-refractivity contribution in [2.45, 2.75) is 44.0 Å². The van der Waals surface area contributed by atoms with Crippen molar-refractivity contribution in [1.29, 1.82) is 0 Å². The maximum atomic E-state index is 12.9. The van der Waals surface area contributed by atoms with Crippen LogP contribution in [0.25, 0.3) is 0 Å². The normalized spacial score (nSPS) is 23.4. The van der Waals surface area contributed by atoms with Crippen LogP contribution in [-0.4, -0.2) is 31.9 Å². The van der Waals surface area contributed by atoms with E-state index in [2.05, 4.69) is 0 Å². The van der Waals surface area contributed by atoms with Crippen LogP contribution in [0.5, 0.6) is 0 Å². The first-order valence-corrected chi connectivity index (χ1v) is 8.74. The Morgan fingerprint density at radius 1 is 1.30 bits per heavy atom. The van der Waals surface area contributed by atoms with E-state index in [0.717, 1.165) is 24.8 Å². The Bertz CT molecular complexity index is 557. The smallest absolute Gasteiger partial charge is 0.243 e. The van der Waals surface area contributed by atoms with Crippen LogP contribution in [0.2, 0.25) is 0 Å². The van der Waals surface area contributed by atoms with E-state index in [0.29, 0.717) is 18.0 Å². The van der Waals surface area contributed by atoms with Gasteiger partial charge in [0.1, 0.15) is 0 Å². The van der Waals surface area contributed by atoms with Gasteiger partial charge in [0, 0.05) is 12.6 Å². The molecule has 0 aliphatic heterocycles. The lowest BCUT2D eigenvalue weighted by atomic mass is 10.0. The highest BCUT2D eigenvalue weighted by molar-refractivity contribution is 7.89. The fourth-order valence-corrected chi connectivity index (χ4v) is 5.18. The van der Waals surface area contributed by atoms with Gasteiger partial charge in [0.2, 0.25) is 10.0 Å². The molecule has 0 spiro atoms. The van der Waals surface area contributed by atoms with E-state index in [-0.39, 0.29) is 12.0 Å². The summed E-state index contributed by atoms with van der Waals surface area (Å²) in [6.07, 6.45) is 3.01. The van der Waals surface area contributed by atoms with E-state index in [9.17, 15) is 8.42 Å². The Balaban J connectivity index is 2.38. The van der Waals surface area contributed by atoms with E-state index < -0.39 is 10.0 Å². The van der Waals surface area contributed by atoms with Crippen molar-refractivity contribution in [3.05, 3.63) is 29.8 Å². The highest BCUT2D eigenvalue weighted by Crippen LogP contribution is 2.33. The number of benzene rings is 1. The van der Waals surface area contributed by atoms with E-state index in [1.807, 2.05) is 26.0 Å². The second-order valence-corrected chi connectivity index (χ2v) is 7.33. The van der Waals surface area contributed by atoms with Crippen molar-refractivity contribution in [2.24, 2.45) is 11.7 Å². The standard InChI is InChI=1S/C15H24N2O2S/c1-3-17(14-9-6-8-13(14)11-16)20(18,19)15-10-5-4-7-12(15)2/h4-5,7,10,13-14H,3,6,8-9,11,16H2,1-2H3. The lowest BCUT2D eigenvalue weighted by Gasteiger charge is -2.31. The molecule has 20 heavy (non-hydrogen) atoms. The molecule has 0 heterocycles. The third kappa shape index (κ3) is 2.75. The molecule has 1 aliphatic carbocycles. The van der Waals surface area contributed by atoms with Crippen molar-refractivity contribution in [2.75, 3.05) is 13.1 Å². The van der Waals surface area contributed by atoms with Gasteiger partial charge in [0.05, 0.1) is 4.90 Å². The third-order valence-electron chi connectivity index (χ3n) is 4.28. The monoisotopic (exact) mass is 296 g/mol. The molecule has 1 aromatic rings. The minimum atomic E-state index is -3.43. The van der Waals surface area contributed by atoms with Crippen LogP contribution in [0.4, 0.5) is 0 Å². The van der Waals surface area contributed by atoms with Gasteiger partial charge in [-0.2, -0.15) is 4.31 Å². The zero-order valence-electron chi connectivity index (χ0n) is 12.2. The summed E-state index contributed by atoms with van der Waals surface area (Å²) in [5, 5.41) is 0. The van der Waals surface area contributed by atoms with Crippen LogP contribution in [0, 0.1) is 12.8 Å². The minimum Gasteiger partial charge on any atom is -0.330 e. The Labute approximate surface area is 122 Å². The zero-order valence-corrected chi connectivity index (χ0v) is 13.1. The second kappa shape index (κ2) is 6.24. The summed E-state index contributed by atoms with van der Waals surface area (Å²) in [5.41, 5.74) is 6.61. The molecule has 4 nitrogen and oxygen atoms in total. The van der Waals surface area contributed by atoms with E-state index in [1.54, 1.807) is 16.4 Å². The summed E-state index contributed by atoms with van der Waals surface area (Å²) in [7, 11) is -3.43. The number of rotatable bonds is 5. The molecule has 0 aromatic heterocycles.